The highest BCUT2D eigenvalue weighted by Gasteiger charge is 1.93. The average Bonchev–Trinajstić information content (AvgIpc) is 2.15. The Bertz CT molecular complexity index is 212. The summed E-state index contributed by atoms with van der Waals surface area (Å²) in [6.45, 7) is 0. The Morgan fingerprint density at radius 1 is 1.18 bits per heavy atom. The first-order chi connectivity index (χ1) is 5.04. The second-order valence-electron chi connectivity index (χ2n) is 1.37. The van der Waals surface area contributed by atoms with Crippen LogP contribution in [0.4, 0.5) is 0 Å². The second kappa shape index (κ2) is 5.08. The number of hydrogen-bond acceptors (Lipinski definition) is 4. The quantitative estimate of drug-likeness (QED) is 0.463. The van der Waals surface area contributed by atoms with Gasteiger partial charge in [-0.1, -0.05) is 0 Å². The minimum atomic E-state index is -2.61. The Morgan fingerprint density at radius 2 is 1.45 bits per heavy atom. The predicted molar refractivity (Wildman–Crippen MR) is 41.0 cm³/mol. The molecule has 5 nitrogen and oxygen atoms in total. The molecular weight excluding hydrogens is 192 g/mol. The predicted octanol–water partition coefficient (Wildman–Crippen LogP) is 0.840. The maximum absolute atomic E-state index is 8.67. The topological polar surface area (TPSA) is 98.0 Å². The lowest BCUT2D eigenvalue weighted by molar-refractivity contribution is 0.407. The van der Waals surface area contributed by atoms with E-state index >= 15 is 0 Å². The van der Waals surface area contributed by atoms with Crippen LogP contribution in [0.3, 0.4) is 0 Å². The fourth-order valence-electron chi connectivity index (χ4n) is 0.284. The molecule has 64 valence electrons. The van der Waals surface area contributed by atoms with Crippen molar-refractivity contribution in [2.24, 2.45) is 0 Å². The molecule has 1 aromatic rings. The molecular formula is C4H6O5S2. The molecule has 0 atom stereocenters. The molecule has 1 heterocycles. The summed E-state index contributed by atoms with van der Waals surface area (Å²) in [5.41, 5.74) is 0. The normalized spacial score (nSPS) is 9.00. The van der Waals surface area contributed by atoms with Gasteiger partial charge in [0.25, 0.3) is 11.4 Å². The lowest BCUT2D eigenvalue weighted by atomic mass is 10.6. The molecule has 0 amide bonds. The molecule has 0 radical (unpaired) electrons. The first-order valence-corrected chi connectivity index (χ1v) is 4.28. The van der Waals surface area contributed by atoms with Crippen molar-refractivity contribution in [3.05, 3.63) is 10.8 Å². The number of thiophene rings is 1. The molecule has 0 saturated heterocycles. The molecule has 0 aliphatic carbocycles. The van der Waals surface area contributed by atoms with Gasteiger partial charge in [-0.25, -0.2) is 0 Å². The summed E-state index contributed by atoms with van der Waals surface area (Å²) >= 11 is -1.34. The largest absolute Gasteiger partial charge is 0.504 e. The zero-order valence-corrected chi connectivity index (χ0v) is 6.80. The van der Waals surface area contributed by atoms with E-state index in [1.807, 2.05) is 0 Å². The smallest absolute Gasteiger partial charge is 0.299 e. The first-order valence-electron chi connectivity index (χ1n) is 2.28. The van der Waals surface area contributed by atoms with Crippen molar-refractivity contribution >= 4 is 22.7 Å². The van der Waals surface area contributed by atoms with Crippen LogP contribution in [0.1, 0.15) is 0 Å². The van der Waals surface area contributed by atoms with Crippen molar-refractivity contribution < 1.29 is 23.5 Å². The summed E-state index contributed by atoms with van der Waals surface area (Å²) in [5, 5.41) is 20.0. The molecule has 1 rings (SSSR count). The van der Waals surface area contributed by atoms with Gasteiger partial charge in [-0.2, -0.15) is 4.21 Å². The minimum absolute atomic E-state index is 0.0370. The van der Waals surface area contributed by atoms with E-state index in [-0.39, 0.29) is 11.5 Å². The van der Waals surface area contributed by atoms with Gasteiger partial charge in [0.1, 0.15) is 0 Å². The zero-order chi connectivity index (χ0) is 8.85. The maximum atomic E-state index is 8.67. The molecule has 11 heavy (non-hydrogen) atoms. The fraction of sp³-hybridized carbons (Fsp3) is 0. The molecule has 0 bridgehead atoms. The van der Waals surface area contributed by atoms with Gasteiger partial charge in [-0.05, 0) is 0 Å². The van der Waals surface area contributed by atoms with Crippen molar-refractivity contribution in [1.82, 2.24) is 0 Å². The highest BCUT2D eigenvalue weighted by Crippen LogP contribution is 2.27. The third-order valence-corrected chi connectivity index (χ3v) is 1.34. The van der Waals surface area contributed by atoms with Crippen LogP contribution >= 0.6 is 11.3 Å². The van der Waals surface area contributed by atoms with Crippen molar-refractivity contribution in [2.45, 2.75) is 0 Å². The lowest BCUT2D eigenvalue weighted by Crippen LogP contribution is -1.74. The zero-order valence-electron chi connectivity index (χ0n) is 5.17. The van der Waals surface area contributed by atoms with E-state index in [4.69, 9.17) is 23.5 Å². The summed E-state index contributed by atoms with van der Waals surface area (Å²) in [7, 11) is 0. The molecule has 1 aromatic heterocycles. The Hall–Kier alpha value is -0.630. The third-order valence-electron chi connectivity index (χ3n) is 0.622. The monoisotopic (exact) mass is 198 g/mol. The second-order valence-corrected chi connectivity index (χ2v) is 2.58. The van der Waals surface area contributed by atoms with E-state index in [9.17, 15) is 0 Å². The maximum Gasteiger partial charge on any atom is 0.299 e. The highest BCUT2D eigenvalue weighted by atomic mass is 32.2. The van der Waals surface area contributed by atoms with Gasteiger partial charge >= 0.3 is 0 Å². The standard InChI is InChI=1S/C4H4O2S.H2O3S/c5-3-1-7-2-4(3)6;1-4(2)3/h1-2,5-6H;(H2,1,2,3). The van der Waals surface area contributed by atoms with E-state index in [1.54, 1.807) is 0 Å². The Balaban J connectivity index is 0.000000218. The molecule has 0 spiro atoms. The first kappa shape index (κ1) is 10.4. The van der Waals surface area contributed by atoms with Gasteiger partial charge in [0, 0.05) is 10.8 Å². The molecule has 0 saturated carbocycles. The van der Waals surface area contributed by atoms with Gasteiger partial charge in [-0.3, -0.25) is 9.11 Å². The molecule has 0 aliphatic heterocycles. The molecule has 0 unspecified atom stereocenters. The van der Waals surface area contributed by atoms with Crippen LogP contribution in [-0.4, -0.2) is 23.5 Å². The van der Waals surface area contributed by atoms with Gasteiger partial charge in [0.15, 0.2) is 11.5 Å². The summed E-state index contributed by atoms with van der Waals surface area (Å²) in [6.07, 6.45) is 0. The summed E-state index contributed by atoms with van der Waals surface area (Å²) in [6, 6.07) is 0. The van der Waals surface area contributed by atoms with Crippen LogP contribution in [0.5, 0.6) is 11.5 Å². The molecule has 7 heteroatoms. The molecule has 0 aromatic carbocycles. The summed E-state index contributed by atoms with van der Waals surface area (Å²) in [4.78, 5) is 0. The van der Waals surface area contributed by atoms with Crippen LogP contribution < -0.4 is 0 Å². The molecule has 4 N–H and O–H groups in total. The van der Waals surface area contributed by atoms with E-state index in [1.165, 1.54) is 22.1 Å². The van der Waals surface area contributed by atoms with E-state index in [2.05, 4.69) is 0 Å². The van der Waals surface area contributed by atoms with Crippen LogP contribution in [0.15, 0.2) is 10.8 Å². The lowest BCUT2D eigenvalue weighted by Gasteiger charge is -1.79. The summed E-state index contributed by atoms with van der Waals surface area (Å²) in [5.74, 6) is -0.0741. The average molecular weight is 198 g/mol. The van der Waals surface area contributed by atoms with Gasteiger partial charge in [0.05, 0.1) is 0 Å². The molecule has 0 aliphatic rings. The molecule has 0 fully saturated rings. The van der Waals surface area contributed by atoms with Crippen molar-refractivity contribution in [3.8, 4) is 11.5 Å². The Kier molecular flexibility index (Phi) is 4.79. The van der Waals surface area contributed by atoms with Crippen molar-refractivity contribution in [1.29, 1.82) is 0 Å². The van der Waals surface area contributed by atoms with E-state index in [0.717, 1.165) is 0 Å². The third kappa shape index (κ3) is 5.80. The van der Waals surface area contributed by atoms with Gasteiger partial charge in [-0.15, -0.1) is 11.3 Å². The Morgan fingerprint density at radius 3 is 1.55 bits per heavy atom. The SMILES string of the molecule is O=S(O)O.Oc1cscc1O. The highest BCUT2D eigenvalue weighted by molar-refractivity contribution is 7.73. The van der Waals surface area contributed by atoms with Gasteiger partial charge < -0.3 is 10.2 Å². The number of aromatic hydroxyl groups is 2. The van der Waals surface area contributed by atoms with E-state index < -0.39 is 11.4 Å². The van der Waals surface area contributed by atoms with Crippen molar-refractivity contribution in [2.75, 3.05) is 0 Å². The van der Waals surface area contributed by atoms with Gasteiger partial charge in [0.2, 0.25) is 0 Å². The van der Waals surface area contributed by atoms with Crippen LogP contribution in [0.25, 0.3) is 0 Å². The Labute approximate surface area is 69.0 Å². The number of hydrogen-bond donors (Lipinski definition) is 4. The fourth-order valence-corrected chi connectivity index (χ4v) is 0.851. The number of rotatable bonds is 0. The van der Waals surface area contributed by atoms with Crippen LogP contribution in [0, 0.1) is 0 Å². The summed E-state index contributed by atoms with van der Waals surface area (Å²) < 4.78 is 22.8. The van der Waals surface area contributed by atoms with Crippen LogP contribution in [0.2, 0.25) is 0 Å². The van der Waals surface area contributed by atoms with Crippen LogP contribution in [-0.2, 0) is 11.4 Å². The van der Waals surface area contributed by atoms with Crippen molar-refractivity contribution in [3.63, 3.8) is 0 Å². The minimum Gasteiger partial charge on any atom is -0.504 e. The van der Waals surface area contributed by atoms with E-state index in [0.29, 0.717) is 0 Å².